The van der Waals surface area contributed by atoms with Crippen LogP contribution in [0.2, 0.25) is 0 Å². The summed E-state index contributed by atoms with van der Waals surface area (Å²) < 4.78 is 19.3. The summed E-state index contributed by atoms with van der Waals surface area (Å²) in [4.78, 5) is 31.2. The molecule has 1 amide bonds. The molecule has 36 heavy (non-hydrogen) atoms. The number of hydrogen-bond acceptors (Lipinski definition) is 5. The van der Waals surface area contributed by atoms with Gasteiger partial charge in [-0.15, -0.1) is 0 Å². The number of benzene rings is 1. The number of esters is 1. The number of carbonyl (C=O) groups excluding carboxylic acids is 2. The molecule has 6 atom stereocenters. The third kappa shape index (κ3) is 4.34. The first-order valence-corrected chi connectivity index (χ1v) is 12.9. The minimum Gasteiger partial charge on any atom is -0.461 e. The van der Waals surface area contributed by atoms with Crippen LogP contribution in [0.25, 0.3) is 17.2 Å². The third-order valence-electron chi connectivity index (χ3n) is 8.43. The van der Waals surface area contributed by atoms with Crippen LogP contribution in [0.1, 0.15) is 44.7 Å². The maximum Gasteiger partial charge on any atom is 0.322 e. The Balaban J connectivity index is 1.46. The van der Waals surface area contributed by atoms with Gasteiger partial charge in [0.25, 0.3) is 0 Å². The molecule has 0 spiro atoms. The van der Waals surface area contributed by atoms with E-state index in [2.05, 4.69) is 16.4 Å². The number of aromatic nitrogens is 1. The number of cyclic esters (lactones) is 1. The van der Waals surface area contributed by atoms with E-state index in [-0.39, 0.29) is 48.7 Å². The van der Waals surface area contributed by atoms with Crippen molar-refractivity contribution in [2.75, 3.05) is 13.2 Å². The van der Waals surface area contributed by atoms with Gasteiger partial charge in [-0.2, -0.15) is 0 Å². The van der Waals surface area contributed by atoms with Crippen LogP contribution in [-0.4, -0.2) is 41.2 Å². The van der Waals surface area contributed by atoms with Gasteiger partial charge in [-0.25, -0.2) is 4.39 Å². The fourth-order valence-electron chi connectivity index (χ4n) is 6.90. The summed E-state index contributed by atoms with van der Waals surface area (Å²) in [5, 5.41) is 12.0. The van der Waals surface area contributed by atoms with Crippen LogP contribution in [-0.2, 0) is 14.3 Å². The van der Waals surface area contributed by atoms with Crippen molar-refractivity contribution in [2.45, 2.75) is 45.1 Å². The highest BCUT2D eigenvalue weighted by Gasteiger charge is 2.67. The molecule has 1 aromatic heterocycles. The number of halogens is 1. The summed E-state index contributed by atoms with van der Waals surface area (Å²) >= 11 is 0. The lowest BCUT2D eigenvalue weighted by Crippen LogP contribution is -2.57. The van der Waals surface area contributed by atoms with Crippen molar-refractivity contribution < 1.29 is 23.8 Å². The highest BCUT2D eigenvalue weighted by atomic mass is 19.1. The number of allylic oxidation sites excluding steroid dienone is 1. The molecular weight excluding hydrogens is 459 g/mol. The Morgan fingerprint density at radius 1 is 1.25 bits per heavy atom. The molecule has 6 nitrogen and oxygen atoms in total. The number of carbonyl (C=O) groups is 2. The number of amides is 1. The molecule has 1 saturated heterocycles. The van der Waals surface area contributed by atoms with Crippen molar-refractivity contribution in [3.05, 3.63) is 60.2 Å². The summed E-state index contributed by atoms with van der Waals surface area (Å²) in [5.74, 6) is -0.676. The fraction of sp³-hybridized carbons (Fsp3) is 0.483. The van der Waals surface area contributed by atoms with Crippen LogP contribution >= 0.6 is 0 Å². The third-order valence-corrected chi connectivity index (χ3v) is 8.43. The second-order valence-corrected chi connectivity index (χ2v) is 10.4. The lowest BCUT2D eigenvalue weighted by Gasteiger charge is -2.50. The summed E-state index contributed by atoms with van der Waals surface area (Å²) in [7, 11) is 0. The normalized spacial score (nSPS) is 31.5. The second kappa shape index (κ2) is 10.1. The van der Waals surface area contributed by atoms with Gasteiger partial charge in [0.2, 0.25) is 5.91 Å². The van der Waals surface area contributed by atoms with E-state index in [0.717, 1.165) is 42.5 Å². The molecule has 3 aliphatic rings. The summed E-state index contributed by atoms with van der Waals surface area (Å²) in [6.45, 7) is 1.83. The molecule has 2 saturated carbocycles. The molecule has 4 unspecified atom stereocenters. The average molecular weight is 493 g/mol. The van der Waals surface area contributed by atoms with E-state index in [1.165, 1.54) is 12.1 Å². The Kier molecular flexibility index (Phi) is 6.93. The van der Waals surface area contributed by atoms with E-state index < -0.39 is 11.4 Å². The van der Waals surface area contributed by atoms with E-state index in [4.69, 9.17) is 4.74 Å². The van der Waals surface area contributed by atoms with Crippen molar-refractivity contribution in [1.29, 1.82) is 0 Å². The maximum absolute atomic E-state index is 13.6. The smallest absolute Gasteiger partial charge is 0.322 e. The zero-order chi connectivity index (χ0) is 25.3. The van der Waals surface area contributed by atoms with Gasteiger partial charge in [-0.3, -0.25) is 14.6 Å². The monoisotopic (exact) mass is 492 g/mol. The number of fused-ring (bicyclic) bond motifs is 2. The molecule has 1 aromatic carbocycles. The number of aliphatic hydroxyl groups is 1. The van der Waals surface area contributed by atoms with Crippen LogP contribution < -0.4 is 5.32 Å². The molecule has 0 bridgehead atoms. The number of hydrogen-bond donors (Lipinski definition) is 2. The van der Waals surface area contributed by atoms with E-state index in [1.807, 2.05) is 31.2 Å². The predicted octanol–water partition coefficient (Wildman–Crippen LogP) is 4.38. The number of aliphatic hydroxyl groups excluding tert-OH is 1. The molecule has 1 aliphatic heterocycles. The van der Waals surface area contributed by atoms with Crippen LogP contribution in [0.4, 0.5) is 4.39 Å². The zero-order valence-corrected chi connectivity index (χ0v) is 20.5. The van der Waals surface area contributed by atoms with E-state index in [0.29, 0.717) is 12.3 Å². The summed E-state index contributed by atoms with van der Waals surface area (Å²) in [5.41, 5.74) is 1.14. The molecule has 0 radical (unpaired) electrons. The minimum absolute atomic E-state index is 0.00456. The first-order chi connectivity index (χ1) is 17.4. The standard InChI is InChI=1S/C29H33FN2O4/c1-18-26-25(12-11-23-10-9-21(17-32-23)19-6-4-7-22(30)15-19)24-8-3-2-5-20(24)16-29(26,28(35)36-18)27(34)31-13-14-33/h4,6-7,9-12,15,17-18,20,24-26,33H,2-3,5,8,13-14,16H2,1H3,(H,31,34)/b12-11+/t18-,20?,24?,25?,26?,29-/m1/s1. The van der Waals surface area contributed by atoms with Crippen LogP contribution in [0.3, 0.4) is 0 Å². The predicted molar refractivity (Wildman–Crippen MR) is 134 cm³/mol. The SMILES string of the molecule is C[C@H]1OC(=O)[C@]2(C(=O)NCCO)CC3CCCCC3C(/C=C/c3ccc(-c4cccc(F)c4)cn3)C12. The van der Waals surface area contributed by atoms with Crippen LogP contribution in [0, 0.1) is 34.9 Å². The number of ether oxygens (including phenoxy) is 1. The Morgan fingerprint density at radius 3 is 2.83 bits per heavy atom. The molecule has 2 aromatic rings. The Labute approximate surface area is 211 Å². The van der Waals surface area contributed by atoms with Gasteiger partial charge >= 0.3 is 5.97 Å². The molecule has 2 N–H and O–H groups in total. The van der Waals surface area contributed by atoms with Gasteiger partial charge < -0.3 is 15.2 Å². The van der Waals surface area contributed by atoms with Crippen LogP contribution in [0.15, 0.2) is 48.7 Å². The molecular formula is C29H33FN2O4. The average Bonchev–Trinajstić information content (AvgIpc) is 3.15. The van der Waals surface area contributed by atoms with Crippen molar-refractivity contribution in [2.24, 2.45) is 29.1 Å². The van der Waals surface area contributed by atoms with Gasteiger partial charge in [-0.05, 0) is 67.4 Å². The molecule has 190 valence electrons. The topological polar surface area (TPSA) is 88.5 Å². The lowest BCUT2D eigenvalue weighted by molar-refractivity contribution is -0.158. The Bertz CT molecular complexity index is 1150. The zero-order valence-electron chi connectivity index (χ0n) is 20.5. The Hall–Kier alpha value is -3.06. The van der Waals surface area contributed by atoms with E-state index in [9.17, 15) is 19.1 Å². The molecule has 3 fully saturated rings. The van der Waals surface area contributed by atoms with Gasteiger partial charge in [0.1, 0.15) is 11.9 Å². The maximum atomic E-state index is 13.6. The lowest BCUT2D eigenvalue weighted by atomic mass is 9.51. The highest BCUT2D eigenvalue weighted by Crippen LogP contribution is 2.59. The number of nitrogens with zero attached hydrogens (tertiary/aromatic N) is 1. The van der Waals surface area contributed by atoms with Crippen molar-refractivity contribution in [1.82, 2.24) is 10.3 Å². The van der Waals surface area contributed by atoms with Gasteiger partial charge in [0.05, 0.1) is 12.3 Å². The largest absolute Gasteiger partial charge is 0.461 e. The molecule has 2 heterocycles. The van der Waals surface area contributed by atoms with Crippen molar-refractivity contribution in [3.8, 4) is 11.1 Å². The molecule has 2 aliphatic carbocycles. The van der Waals surface area contributed by atoms with Gasteiger partial charge in [-0.1, -0.05) is 43.5 Å². The fourth-order valence-corrected chi connectivity index (χ4v) is 6.90. The second-order valence-electron chi connectivity index (χ2n) is 10.4. The van der Waals surface area contributed by atoms with Gasteiger partial charge in [0, 0.05) is 24.2 Å². The van der Waals surface area contributed by atoms with E-state index >= 15 is 0 Å². The first kappa shape index (κ1) is 24.6. The first-order valence-electron chi connectivity index (χ1n) is 12.9. The Morgan fingerprint density at radius 2 is 2.08 bits per heavy atom. The van der Waals surface area contributed by atoms with E-state index in [1.54, 1.807) is 12.3 Å². The molecule has 7 heteroatoms. The summed E-state index contributed by atoms with van der Waals surface area (Å²) in [6, 6.07) is 10.2. The number of nitrogens with one attached hydrogen (secondary N) is 1. The highest BCUT2D eigenvalue weighted by molar-refractivity contribution is 6.04. The van der Waals surface area contributed by atoms with Crippen molar-refractivity contribution >= 4 is 18.0 Å². The molecule has 5 rings (SSSR count). The quantitative estimate of drug-likeness (QED) is 0.462. The summed E-state index contributed by atoms with van der Waals surface area (Å²) in [6.07, 6.45) is 10.3. The number of pyridine rings is 1. The van der Waals surface area contributed by atoms with Gasteiger partial charge in [0.15, 0.2) is 5.41 Å². The van der Waals surface area contributed by atoms with Crippen LogP contribution in [0.5, 0.6) is 0 Å². The minimum atomic E-state index is -1.23. The van der Waals surface area contributed by atoms with Crippen molar-refractivity contribution in [3.63, 3.8) is 0 Å². The number of rotatable bonds is 6.